The fourth-order valence-corrected chi connectivity index (χ4v) is 5.19. The normalized spacial score (nSPS) is 11.9. The van der Waals surface area contributed by atoms with E-state index in [0.29, 0.717) is 10.9 Å². The van der Waals surface area contributed by atoms with Crippen LogP contribution in [0.4, 0.5) is 32.0 Å². The van der Waals surface area contributed by atoms with Gasteiger partial charge in [0.05, 0.1) is 34.8 Å². The van der Waals surface area contributed by atoms with Gasteiger partial charge in [-0.25, -0.2) is 0 Å². The number of carbonyl (C=O) groups is 2. The van der Waals surface area contributed by atoms with Crippen molar-refractivity contribution in [1.29, 1.82) is 0 Å². The molecule has 0 saturated carbocycles. The van der Waals surface area contributed by atoms with Crippen LogP contribution in [-0.4, -0.2) is 32.3 Å². The summed E-state index contributed by atoms with van der Waals surface area (Å²) in [6.45, 7) is -0.239. The van der Waals surface area contributed by atoms with Crippen LogP contribution in [0.15, 0.2) is 96.2 Å². The summed E-state index contributed by atoms with van der Waals surface area (Å²) in [5, 5.41) is 14.5. The first kappa shape index (κ1) is 30.6. The van der Waals surface area contributed by atoms with E-state index in [1.165, 1.54) is 28.8 Å². The number of thioether (sulfide) groups is 1. The highest BCUT2D eigenvalue weighted by Gasteiger charge is 2.34. The highest BCUT2D eigenvalue weighted by atomic mass is 32.2. The first-order valence-electron chi connectivity index (χ1n) is 12.9. The molecule has 0 aliphatic heterocycles. The molecule has 0 aliphatic rings. The number of amides is 2. The Balaban J connectivity index is 1.40. The summed E-state index contributed by atoms with van der Waals surface area (Å²) < 4.78 is 81.8. The topological polar surface area (TPSA) is 88.9 Å². The molecule has 0 spiro atoms. The van der Waals surface area contributed by atoms with E-state index in [1.54, 1.807) is 24.3 Å². The number of aromatic nitrogens is 3. The molecule has 226 valence electrons. The van der Waals surface area contributed by atoms with Crippen LogP contribution in [0.5, 0.6) is 0 Å². The monoisotopic (exact) mass is 629 g/mol. The van der Waals surface area contributed by atoms with Gasteiger partial charge in [-0.1, -0.05) is 66.4 Å². The third kappa shape index (κ3) is 6.86. The Hall–Kier alpha value is -4.85. The predicted molar refractivity (Wildman–Crippen MR) is 152 cm³/mol. The van der Waals surface area contributed by atoms with E-state index in [2.05, 4.69) is 20.8 Å². The summed E-state index contributed by atoms with van der Waals surface area (Å²) in [5.41, 5.74) is -2.05. The van der Waals surface area contributed by atoms with Crippen LogP contribution in [0.2, 0.25) is 0 Å². The molecule has 1 heterocycles. The highest BCUT2D eigenvalue weighted by Crippen LogP contribution is 2.35. The zero-order chi connectivity index (χ0) is 31.5. The van der Waals surface area contributed by atoms with Crippen LogP contribution in [-0.2, 0) is 23.7 Å². The Morgan fingerprint density at radius 2 is 1.50 bits per heavy atom. The minimum absolute atomic E-state index is 0.00422. The molecule has 5 aromatic rings. The Labute approximate surface area is 250 Å². The summed E-state index contributed by atoms with van der Waals surface area (Å²) >= 11 is 0.751. The lowest BCUT2D eigenvalue weighted by atomic mass is 10.0. The summed E-state index contributed by atoms with van der Waals surface area (Å²) in [6.07, 6.45) is -9.36. The van der Waals surface area contributed by atoms with E-state index in [0.717, 1.165) is 41.4 Å². The number of alkyl halides is 6. The summed E-state index contributed by atoms with van der Waals surface area (Å²) in [7, 11) is 0. The van der Waals surface area contributed by atoms with Gasteiger partial charge in [-0.2, -0.15) is 26.3 Å². The van der Waals surface area contributed by atoms with Crippen LogP contribution in [0.3, 0.4) is 0 Å². The van der Waals surface area contributed by atoms with E-state index in [9.17, 15) is 35.9 Å². The number of fused-ring (bicyclic) bond motifs is 1. The molecule has 7 nitrogen and oxygen atoms in total. The molecule has 1 aromatic heterocycles. The molecule has 0 radical (unpaired) electrons. The number of rotatable bonds is 8. The van der Waals surface area contributed by atoms with Gasteiger partial charge in [0.15, 0.2) is 11.0 Å². The van der Waals surface area contributed by atoms with Crippen molar-refractivity contribution in [1.82, 2.24) is 20.1 Å². The molecule has 14 heteroatoms. The average Bonchev–Trinajstić information content (AvgIpc) is 3.40. The molecule has 0 atom stereocenters. The van der Waals surface area contributed by atoms with Gasteiger partial charge < -0.3 is 10.6 Å². The molecule has 0 unspecified atom stereocenters. The van der Waals surface area contributed by atoms with Crippen molar-refractivity contribution in [2.24, 2.45) is 0 Å². The van der Waals surface area contributed by atoms with Gasteiger partial charge in [0.1, 0.15) is 0 Å². The van der Waals surface area contributed by atoms with Gasteiger partial charge >= 0.3 is 12.4 Å². The number of nitrogens with zero attached hydrogens (tertiary/aromatic N) is 3. The minimum atomic E-state index is -4.70. The van der Waals surface area contributed by atoms with E-state index in [-0.39, 0.29) is 23.2 Å². The third-order valence-electron chi connectivity index (χ3n) is 6.41. The van der Waals surface area contributed by atoms with Crippen molar-refractivity contribution < 1.29 is 35.9 Å². The molecule has 4 aromatic carbocycles. The number of benzene rings is 4. The number of carbonyl (C=O) groups excluding carboxylic acids is 2. The van der Waals surface area contributed by atoms with Crippen molar-refractivity contribution in [2.45, 2.75) is 24.1 Å². The second-order valence-electron chi connectivity index (χ2n) is 9.37. The largest absolute Gasteiger partial charge is 0.418 e. The molecule has 44 heavy (non-hydrogen) atoms. The van der Waals surface area contributed by atoms with Gasteiger partial charge in [0.25, 0.3) is 5.91 Å². The molecule has 0 aliphatic carbocycles. The average molecular weight is 630 g/mol. The van der Waals surface area contributed by atoms with Crippen molar-refractivity contribution in [2.75, 3.05) is 11.1 Å². The van der Waals surface area contributed by atoms with E-state index >= 15 is 0 Å². The molecule has 2 N–H and O–H groups in total. The molecule has 0 saturated heterocycles. The van der Waals surface area contributed by atoms with Crippen molar-refractivity contribution in [3.8, 4) is 5.69 Å². The Morgan fingerprint density at radius 3 is 2.27 bits per heavy atom. The smallest absolute Gasteiger partial charge is 0.345 e. The summed E-state index contributed by atoms with van der Waals surface area (Å²) in [5.74, 6) is -1.65. The van der Waals surface area contributed by atoms with E-state index in [4.69, 9.17) is 0 Å². The summed E-state index contributed by atoms with van der Waals surface area (Å²) in [4.78, 5) is 25.7. The second-order valence-corrected chi connectivity index (χ2v) is 10.3. The van der Waals surface area contributed by atoms with Crippen molar-refractivity contribution in [3.63, 3.8) is 0 Å². The van der Waals surface area contributed by atoms with Crippen LogP contribution in [0.1, 0.15) is 27.3 Å². The number of hydrogen-bond acceptors (Lipinski definition) is 5. The van der Waals surface area contributed by atoms with Crippen LogP contribution >= 0.6 is 11.8 Å². The highest BCUT2D eigenvalue weighted by molar-refractivity contribution is 7.99. The van der Waals surface area contributed by atoms with Crippen LogP contribution in [0.25, 0.3) is 16.5 Å². The summed E-state index contributed by atoms with van der Waals surface area (Å²) in [6, 6.07) is 21.2. The molecular weight excluding hydrogens is 608 g/mol. The maximum absolute atomic E-state index is 13.5. The minimum Gasteiger partial charge on any atom is -0.345 e. The van der Waals surface area contributed by atoms with Crippen LogP contribution in [0, 0.1) is 0 Å². The lowest BCUT2D eigenvalue weighted by Gasteiger charge is -2.14. The first-order chi connectivity index (χ1) is 20.9. The van der Waals surface area contributed by atoms with E-state index < -0.39 is 46.7 Å². The number of para-hydroxylation sites is 1. The van der Waals surface area contributed by atoms with Gasteiger partial charge in [0.2, 0.25) is 5.91 Å². The first-order valence-corrected chi connectivity index (χ1v) is 13.9. The SMILES string of the molecule is O=C(CSc1nnc(CNC(=O)c2cccc3ccccc23)n1-c1cccc(C(F)(F)F)c1)Nc1ccccc1C(F)(F)F. The predicted octanol–water partition coefficient (Wildman–Crippen LogP) is 7.12. The number of halogens is 6. The zero-order valence-corrected chi connectivity index (χ0v) is 23.2. The van der Waals surface area contributed by atoms with Crippen molar-refractivity contribution in [3.05, 3.63) is 114 Å². The van der Waals surface area contributed by atoms with E-state index in [1.807, 2.05) is 18.2 Å². The van der Waals surface area contributed by atoms with Gasteiger partial charge in [-0.05, 0) is 47.2 Å². The Morgan fingerprint density at radius 1 is 0.795 bits per heavy atom. The fourth-order valence-electron chi connectivity index (χ4n) is 4.42. The Kier molecular flexibility index (Phi) is 8.63. The Bertz CT molecular complexity index is 1830. The molecular formula is C30H21F6N5O2S. The molecule has 0 fully saturated rings. The lowest BCUT2D eigenvalue weighted by molar-refractivity contribution is -0.138. The number of hydrogen-bond donors (Lipinski definition) is 2. The van der Waals surface area contributed by atoms with Crippen molar-refractivity contribution >= 4 is 40.0 Å². The molecule has 0 bridgehead atoms. The molecule has 5 rings (SSSR count). The maximum atomic E-state index is 13.5. The van der Waals surface area contributed by atoms with Gasteiger partial charge in [0, 0.05) is 5.56 Å². The zero-order valence-electron chi connectivity index (χ0n) is 22.4. The third-order valence-corrected chi connectivity index (χ3v) is 7.34. The van der Waals surface area contributed by atoms with Gasteiger partial charge in [-0.15, -0.1) is 10.2 Å². The second kappa shape index (κ2) is 12.4. The fraction of sp³-hybridized carbons (Fsp3) is 0.133. The standard InChI is InChI=1S/C30H21F6N5O2S/c31-29(32,33)19-9-6-10-20(15-19)41-25(16-37-27(43)22-12-5-8-18-7-1-2-11-21(18)22)39-40-28(41)44-17-26(42)38-24-14-4-3-13-23(24)30(34,35)36/h1-15H,16-17H2,(H,37,43)(H,38,42). The molecule has 2 amide bonds. The number of anilines is 1. The lowest BCUT2D eigenvalue weighted by Crippen LogP contribution is -2.25. The van der Waals surface area contributed by atoms with Gasteiger partial charge in [-0.3, -0.25) is 14.2 Å². The number of nitrogens with one attached hydrogen (secondary N) is 2. The van der Waals surface area contributed by atoms with Crippen LogP contribution < -0.4 is 10.6 Å². The maximum Gasteiger partial charge on any atom is 0.418 e. The quantitative estimate of drug-likeness (QED) is 0.141.